The van der Waals surface area contributed by atoms with Gasteiger partial charge >= 0.3 is 0 Å². The molecular formula is C22H20ClFN2O3S. The van der Waals surface area contributed by atoms with Crippen LogP contribution in [0.15, 0.2) is 77.7 Å². The van der Waals surface area contributed by atoms with E-state index in [1.807, 2.05) is 6.07 Å². The minimum atomic E-state index is -4.04. The number of hydrogen-bond acceptors (Lipinski definition) is 3. The Hall–Kier alpha value is -2.74. The van der Waals surface area contributed by atoms with Crippen molar-refractivity contribution in [3.63, 3.8) is 0 Å². The third kappa shape index (κ3) is 5.24. The summed E-state index contributed by atoms with van der Waals surface area (Å²) in [5.74, 6) is -1.06. The Morgan fingerprint density at radius 2 is 1.67 bits per heavy atom. The summed E-state index contributed by atoms with van der Waals surface area (Å²) >= 11 is 6.09. The van der Waals surface area contributed by atoms with Gasteiger partial charge in [-0.3, -0.25) is 4.79 Å². The van der Waals surface area contributed by atoms with Crippen LogP contribution in [0.2, 0.25) is 5.02 Å². The van der Waals surface area contributed by atoms with Crippen LogP contribution in [0.4, 0.5) is 10.1 Å². The summed E-state index contributed by atoms with van der Waals surface area (Å²) in [5.41, 5.74) is 1.91. The van der Waals surface area contributed by atoms with Crippen LogP contribution < -0.4 is 5.32 Å². The summed E-state index contributed by atoms with van der Waals surface area (Å²) in [6, 6.07) is 18.5. The lowest BCUT2D eigenvalue weighted by molar-refractivity contribution is -0.116. The molecule has 0 aliphatic rings. The van der Waals surface area contributed by atoms with Gasteiger partial charge in [-0.15, -0.1) is 0 Å². The third-order valence-corrected chi connectivity index (χ3v) is 6.73. The SMILES string of the molecule is Cc1c(Cl)cccc1NC(=O)CN(Cc1ccccc1)S(=O)(=O)c1ccc(F)cc1. The highest BCUT2D eigenvalue weighted by molar-refractivity contribution is 7.89. The van der Waals surface area contributed by atoms with Gasteiger partial charge in [-0.2, -0.15) is 4.31 Å². The van der Waals surface area contributed by atoms with Crippen molar-refractivity contribution in [3.05, 3.63) is 94.8 Å². The van der Waals surface area contributed by atoms with Crippen LogP contribution in [0.3, 0.4) is 0 Å². The first-order valence-corrected chi connectivity index (χ1v) is 10.9. The molecule has 0 unspecified atom stereocenters. The molecule has 156 valence electrons. The molecule has 1 amide bonds. The molecule has 30 heavy (non-hydrogen) atoms. The highest BCUT2D eigenvalue weighted by atomic mass is 35.5. The Kier molecular flexibility index (Phi) is 6.87. The van der Waals surface area contributed by atoms with Crippen LogP contribution in [0, 0.1) is 12.7 Å². The van der Waals surface area contributed by atoms with Crippen molar-refractivity contribution < 1.29 is 17.6 Å². The molecule has 8 heteroatoms. The summed E-state index contributed by atoms with van der Waals surface area (Å²) in [7, 11) is -4.04. The molecule has 0 atom stereocenters. The van der Waals surface area contributed by atoms with Crippen molar-refractivity contribution in [3.8, 4) is 0 Å². The van der Waals surface area contributed by atoms with Crippen molar-refractivity contribution in [1.29, 1.82) is 0 Å². The zero-order valence-electron chi connectivity index (χ0n) is 16.2. The average molecular weight is 447 g/mol. The molecule has 0 aliphatic heterocycles. The number of carbonyl (C=O) groups excluding carboxylic acids is 1. The standard InChI is InChI=1S/C22H20ClFN2O3S/c1-16-20(23)8-5-9-21(16)25-22(27)15-26(14-17-6-3-2-4-7-17)30(28,29)19-12-10-18(24)11-13-19/h2-13H,14-15H2,1H3,(H,25,27). The molecule has 0 saturated heterocycles. The van der Waals surface area contributed by atoms with Gasteiger partial charge in [0.2, 0.25) is 15.9 Å². The molecule has 0 aromatic heterocycles. The maximum atomic E-state index is 13.3. The van der Waals surface area contributed by atoms with Gasteiger partial charge in [0.15, 0.2) is 0 Å². The second kappa shape index (κ2) is 9.38. The number of sulfonamides is 1. The number of nitrogens with zero attached hydrogens (tertiary/aromatic N) is 1. The lowest BCUT2D eigenvalue weighted by Crippen LogP contribution is -2.37. The van der Waals surface area contributed by atoms with E-state index >= 15 is 0 Å². The molecule has 0 aliphatic carbocycles. The summed E-state index contributed by atoms with van der Waals surface area (Å²) < 4.78 is 40.6. The smallest absolute Gasteiger partial charge is 0.243 e. The molecule has 1 N–H and O–H groups in total. The maximum absolute atomic E-state index is 13.3. The van der Waals surface area contributed by atoms with E-state index in [2.05, 4.69) is 5.32 Å². The quantitative estimate of drug-likeness (QED) is 0.576. The molecule has 3 aromatic carbocycles. The van der Waals surface area contributed by atoms with Crippen molar-refractivity contribution in [2.75, 3.05) is 11.9 Å². The molecule has 3 rings (SSSR count). The zero-order valence-corrected chi connectivity index (χ0v) is 17.8. The zero-order chi connectivity index (χ0) is 21.7. The van der Waals surface area contributed by atoms with E-state index in [9.17, 15) is 17.6 Å². The van der Waals surface area contributed by atoms with Crippen LogP contribution in [-0.2, 0) is 21.4 Å². The number of nitrogens with one attached hydrogen (secondary N) is 1. The van der Waals surface area contributed by atoms with Crippen LogP contribution in [0.25, 0.3) is 0 Å². The van der Waals surface area contributed by atoms with E-state index in [1.165, 1.54) is 12.1 Å². The lowest BCUT2D eigenvalue weighted by atomic mass is 10.2. The number of hydrogen-bond donors (Lipinski definition) is 1. The van der Waals surface area contributed by atoms with E-state index in [-0.39, 0.29) is 11.4 Å². The van der Waals surface area contributed by atoms with Crippen LogP contribution in [0.5, 0.6) is 0 Å². The molecule has 0 spiro atoms. The van der Waals surface area contributed by atoms with Gasteiger partial charge in [0, 0.05) is 17.3 Å². The first kappa shape index (κ1) is 22.0. The van der Waals surface area contributed by atoms with Gasteiger partial charge in [0.1, 0.15) is 5.82 Å². The normalized spacial score (nSPS) is 11.5. The second-order valence-corrected chi connectivity index (χ2v) is 9.02. The van der Waals surface area contributed by atoms with Gasteiger partial charge in [-0.05, 0) is 54.4 Å². The maximum Gasteiger partial charge on any atom is 0.243 e. The Labute approximate surface area is 180 Å². The topological polar surface area (TPSA) is 66.5 Å². The monoisotopic (exact) mass is 446 g/mol. The minimum absolute atomic E-state index is 0.0114. The number of halogens is 2. The molecular weight excluding hydrogens is 427 g/mol. The Bertz CT molecular complexity index is 1140. The number of anilines is 1. The average Bonchev–Trinajstić information content (AvgIpc) is 2.72. The second-order valence-electron chi connectivity index (χ2n) is 6.67. The third-order valence-electron chi connectivity index (χ3n) is 4.51. The van der Waals surface area contributed by atoms with Crippen molar-refractivity contribution >= 4 is 33.2 Å². The molecule has 0 saturated carbocycles. The number of rotatable bonds is 7. The van der Waals surface area contributed by atoms with Gasteiger partial charge < -0.3 is 5.32 Å². The fourth-order valence-corrected chi connectivity index (χ4v) is 4.42. The molecule has 0 radical (unpaired) electrons. The fourth-order valence-electron chi connectivity index (χ4n) is 2.86. The van der Waals surface area contributed by atoms with Crippen molar-refractivity contribution in [2.45, 2.75) is 18.4 Å². The number of carbonyl (C=O) groups is 1. The van der Waals surface area contributed by atoms with Gasteiger partial charge in [0.25, 0.3) is 0 Å². The van der Waals surface area contributed by atoms with E-state index in [4.69, 9.17) is 11.6 Å². The first-order chi connectivity index (χ1) is 14.3. The predicted octanol–water partition coefficient (Wildman–Crippen LogP) is 4.62. The van der Waals surface area contributed by atoms with Crippen molar-refractivity contribution in [1.82, 2.24) is 4.31 Å². The Morgan fingerprint density at radius 1 is 1.00 bits per heavy atom. The molecule has 0 bridgehead atoms. The number of benzene rings is 3. The van der Waals surface area contributed by atoms with Gasteiger partial charge in [-0.25, -0.2) is 12.8 Å². The largest absolute Gasteiger partial charge is 0.325 e. The van der Waals surface area contributed by atoms with Gasteiger partial charge in [-0.1, -0.05) is 48.0 Å². The Morgan fingerprint density at radius 3 is 2.33 bits per heavy atom. The fraction of sp³-hybridized carbons (Fsp3) is 0.136. The summed E-state index contributed by atoms with van der Waals surface area (Å²) in [4.78, 5) is 12.6. The van der Waals surface area contributed by atoms with Crippen molar-refractivity contribution in [2.24, 2.45) is 0 Å². The molecule has 0 heterocycles. The van der Waals surface area contributed by atoms with Crippen LogP contribution in [-0.4, -0.2) is 25.2 Å². The minimum Gasteiger partial charge on any atom is -0.325 e. The van der Waals surface area contributed by atoms with E-state index in [0.29, 0.717) is 16.3 Å². The highest BCUT2D eigenvalue weighted by Crippen LogP contribution is 2.24. The predicted molar refractivity (Wildman–Crippen MR) is 115 cm³/mol. The number of amides is 1. The molecule has 5 nitrogen and oxygen atoms in total. The molecule has 0 fully saturated rings. The summed E-state index contributed by atoms with van der Waals surface area (Å²) in [5, 5.41) is 3.20. The summed E-state index contributed by atoms with van der Waals surface area (Å²) in [6.45, 7) is 1.33. The molecule has 3 aromatic rings. The van der Waals surface area contributed by atoms with E-state index in [0.717, 1.165) is 22.0 Å². The summed E-state index contributed by atoms with van der Waals surface area (Å²) in [6.07, 6.45) is 0. The first-order valence-electron chi connectivity index (χ1n) is 9.12. The van der Waals surface area contributed by atoms with E-state index in [1.54, 1.807) is 49.4 Å². The van der Waals surface area contributed by atoms with Gasteiger partial charge in [0.05, 0.1) is 11.4 Å². The lowest BCUT2D eigenvalue weighted by Gasteiger charge is -2.22. The Balaban J connectivity index is 1.88. The highest BCUT2D eigenvalue weighted by Gasteiger charge is 2.27. The van der Waals surface area contributed by atoms with Crippen LogP contribution >= 0.6 is 11.6 Å². The van der Waals surface area contributed by atoms with Crippen LogP contribution in [0.1, 0.15) is 11.1 Å². The van der Waals surface area contributed by atoms with E-state index < -0.39 is 28.3 Å².